The molecule has 4 aliphatic rings. The molecule has 148 valence electrons. The lowest BCUT2D eigenvalue weighted by Crippen LogP contribution is -2.27. The molecule has 0 heterocycles. The molecule has 0 amide bonds. The van der Waals surface area contributed by atoms with Crippen molar-refractivity contribution in [3.63, 3.8) is 0 Å². The van der Waals surface area contributed by atoms with E-state index >= 15 is 0 Å². The Kier molecular flexibility index (Phi) is 4.41. The van der Waals surface area contributed by atoms with Crippen LogP contribution in [0.4, 0.5) is 0 Å². The summed E-state index contributed by atoms with van der Waals surface area (Å²) < 4.78 is 0. The number of aryl methyl sites for hydroxylation is 1. The third-order valence-corrected chi connectivity index (χ3v) is 8.23. The zero-order valence-electron chi connectivity index (χ0n) is 17.4. The third kappa shape index (κ3) is 2.76. The predicted molar refractivity (Wildman–Crippen MR) is 117 cm³/mol. The lowest BCUT2D eigenvalue weighted by molar-refractivity contribution is 0.466. The third-order valence-electron chi connectivity index (χ3n) is 8.23. The minimum absolute atomic E-state index is 0.398. The maximum Gasteiger partial charge on any atom is 0.0171 e. The normalized spacial score (nSPS) is 36.9. The van der Waals surface area contributed by atoms with E-state index in [1.165, 1.54) is 44.9 Å². The van der Waals surface area contributed by atoms with Crippen molar-refractivity contribution < 1.29 is 0 Å². The number of fused-ring (bicyclic) bond motifs is 4. The number of hydrogen-bond acceptors (Lipinski definition) is 2. The lowest BCUT2D eigenvalue weighted by atomic mass is 9.75. The molecule has 4 aliphatic carbocycles. The Morgan fingerprint density at radius 3 is 2.36 bits per heavy atom. The largest absolute Gasteiger partial charge is 0.327 e. The Morgan fingerprint density at radius 2 is 1.64 bits per heavy atom. The SMILES string of the molecule is CNC1CC12CCC(C)c1ccccc12.NC1CC12CCCc1ccccc12. The van der Waals surface area contributed by atoms with E-state index in [2.05, 4.69) is 67.8 Å². The molecule has 0 radical (unpaired) electrons. The molecule has 2 aromatic rings. The zero-order valence-corrected chi connectivity index (χ0v) is 17.4. The van der Waals surface area contributed by atoms with Gasteiger partial charge < -0.3 is 11.1 Å². The summed E-state index contributed by atoms with van der Waals surface area (Å²) in [5, 5.41) is 3.46. The van der Waals surface area contributed by atoms with Crippen LogP contribution in [0.3, 0.4) is 0 Å². The first-order chi connectivity index (χ1) is 13.6. The summed E-state index contributed by atoms with van der Waals surface area (Å²) in [6, 6.07) is 19.1. The van der Waals surface area contributed by atoms with Crippen molar-refractivity contribution in [2.45, 2.75) is 80.7 Å². The summed E-state index contributed by atoms with van der Waals surface area (Å²) in [5.74, 6) is 0.755. The van der Waals surface area contributed by atoms with Gasteiger partial charge in [0.2, 0.25) is 0 Å². The van der Waals surface area contributed by atoms with E-state index in [9.17, 15) is 0 Å². The highest BCUT2D eigenvalue weighted by atomic mass is 15.0. The number of nitrogens with two attached hydrogens (primary N) is 1. The molecule has 2 spiro atoms. The second-order valence-corrected chi connectivity index (χ2v) is 9.71. The van der Waals surface area contributed by atoms with Crippen molar-refractivity contribution in [3.8, 4) is 0 Å². The van der Waals surface area contributed by atoms with Crippen molar-refractivity contribution in [2.75, 3.05) is 7.05 Å². The molecule has 0 aliphatic heterocycles. The average Bonchev–Trinajstić information content (AvgIpc) is 3.62. The summed E-state index contributed by atoms with van der Waals surface area (Å²) in [5.41, 5.74) is 13.3. The van der Waals surface area contributed by atoms with E-state index in [0.717, 1.165) is 12.0 Å². The van der Waals surface area contributed by atoms with Gasteiger partial charge in [-0.3, -0.25) is 0 Å². The van der Waals surface area contributed by atoms with Crippen LogP contribution >= 0.6 is 0 Å². The second kappa shape index (κ2) is 6.71. The smallest absolute Gasteiger partial charge is 0.0171 e. The summed E-state index contributed by atoms with van der Waals surface area (Å²) in [7, 11) is 2.10. The van der Waals surface area contributed by atoms with Gasteiger partial charge in [-0.1, -0.05) is 55.5 Å². The van der Waals surface area contributed by atoms with E-state index in [-0.39, 0.29) is 0 Å². The van der Waals surface area contributed by atoms with Gasteiger partial charge in [0.15, 0.2) is 0 Å². The van der Waals surface area contributed by atoms with Gasteiger partial charge in [0.25, 0.3) is 0 Å². The Morgan fingerprint density at radius 1 is 0.929 bits per heavy atom. The Balaban J connectivity index is 0.000000123. The Bertz CT molecular complexity index is 874. The molecule has 0 aromatic heterocycles. The molecule has 2 nitrogen and oxygen atoms in total. The topological polar surface area (TPSA) is 38.0 Å². The monoisotopic (exact) mass is 374 g/mol. The number of hydrogen-bond donors (Lipinski definition) is 2. The van der Waals surface area contributed by atoms with Gasteiger partial charge in [-0.25, -0.2) is 0 Å². The highest BCUT2D eigenvalue weighted by Gasteiger charge is 2.56. The second-order valence-electron chi connectivity index (χ2n) is 9.71. The van der Waals surface area contributed by atoms with Gasteiger partial charge in [0, 0.05) is 22.9 Å². The van der Waals surface area contributed by atoms with E-state index in [1.54, 1.807) is 22.3 Å². The van der Waals surface area contributed by atoms with Crippen molar-refractivity contribution in [1.82, 2.24) is 5.32 Å². The first-order valence-electron chi connectivity index (χ1n) is 11.2. The standard InChI is InChI=1S/C14H19N.C12H15N/c1-10-7-8-14(9-13(14)15-2)12-6-4-3-5-11(10)12;13-11-8-12(11)7-3-5-9-4-1-2-6-10(9)12/h3-6,10,13,15H,7-9H2,1-2H3;1-2,4,6,11H,3,5,7-8,13H2. The van der Waals surface area contributed by atoms with Crippen LogP contribution in [0.25, 0.3) is 0 Å². The van der Waals surface area contributed by atoms with Crippen molar-refractivity contribution in [3.05, 3.63) is 70.8 Å². The highest BCUT2D eigenvalue weighted by Crippen LogP contribution is 2.57. The molecule has 6 rings (SSSR count). The fourth-order valence-electron chi connectivity index (χ4n) is 6.29. The van der Waals surface area contributed by atoms with Crippen LogP contribution in [0.5, 0.6) is 0 Å². The maximum absolute atomic E-state index is 6.05. The predicted octanol–water partition coefficient (Wildman–Crippen LogP) is 4.81. The molecular formula is C26H34N2. The van der Waals surface area contributed by atoms with E-state index in [1.807, 2.05) is 0 Å². The number of rotatable bonds is 1. The fraction of sp³-hybridized carbons (Fsp3) is 0.538. The van der Waals surface area contributed by atoms with Gasteiger partial charge in [0.05, 0.1) is 0 Å². The molecule has 28 heavy (non-hydrogen) atoms. The van der Waals surface area contributed by atoms with Crippen molar-refractivity contribution >= 4 is 0 Å². The first kappa shape index (κ1) is 18.4. The van der Waals surface area contributed by atoms with Gasteiger partial charge >= 0.3 is 0 Å². The van der Waals surface area contributed by atoms with E-state index in [4.69, 9.17) is 5.73 Å². The van der Waals surface area contributed by atoms with Crippen LogP contribution < -0.4 is 11.1 Å². The van der Waals surface area contributed by atoms with E-state index < -0.39 is 0 Å². The van der Waals surface area contributed by atoms with Crippen LogP contribution in [-0.4, -0.2) is 19.1 Å². The summed E-state index contributed by atoms with van der Waals surface area (Å²) in [6.45, 7) is 2.36. The molecule has 2 aromatic carbocycles. The molecule has 2 heteroatoms. The molecular weight excluding hydrogens is 340 g/mol. The highest BCUT2D eigenvalue weighted by molar-refractivity contribution is 5.46. The minimum atomic E-state index is 0.398. The summed E-state index contributed by atoms with van der Waals surface area (Å²) in [4.78, 5) is 0. The Hall–Kier alpha value is -1.64. The number of nitrogens with one attached hydrogen (secondary N) is 1. The molecule has 0 saturated heterocycles. The van der Waals surface area contributed by atoms with Crippen LogP contribution in [-0.2, 0) is 17.3 Å². The summed E-state index contributed by atoms with van der Waals surface area (Å²) >= 11 is 0. The number of likely N-dealkylation sites (N-methyl/N-ethyl adjacent to an activating group) is 1. The molecule has 3 N–H and O–H groups in total. The van der Waals surface area contributed by atoms with Crippen LogP contribution in [0.15, 0.2) is 48.5 Å². The van der Waals surface area contributed by atoms with Crippen molar-refractivity contribution in [2.24, 2.45) is 5.73 Å². The zero-order chi connectivity index (χ0) is 19.4. The van der Waals surface area contributed by atoms with Gasteiger partial charge in [0.1, 0.15) is 0 Å². The minimum Gasteiger partial charge on any atom is -0.327 e. The van der Waals surface area contributed by atoms with Crippen LogP contribution in [0, 0.1) is 0 Å². The average molecular weight is 375 g/mol. The first-order valence-corrected chi connectivity index (χ1v) is 11.2. The molecule has 2 fully saturated rings. The van der Waals surface area contributed by atoms with Gasteiger partial charge in [-0.05, 0) is 80.2 Å². The fourth-order valence-corrected chi connectivity index (χ4v) is 6.29. The number of benzene rings is 2. The maximum atomic E-state index is 6.05. The quantitative estimate of drug-likeness (QED) is 0.752. The van der Waals surface area contributed by atoms with Crippen LogP contribution in [0.2, 0.25) is 0 Å². The van der Waals surface area contributed by atoms with Gasteiger partial charge in [-0.15, -0.1) is 0 Å². The van der Waals surface area contributed by atoms with Crippen LogP contribution in [0.1, 0.15) is 73.6 Å². The van der Waals surface area contributed by atoms with E-state index in [0.29, 0.717) is 16.9 Å². The molecule has 0 bridgehead atoms. The summed E-state index contributed by atoms with van der Waals surface area (Å²) in [6.07, 6.45) is 9.17. The Labute approximate surface area is 169 Å². The van der Waals surface area contributed by atoms with Gasteiger partial charge in [-0.2, -0.15) is 0 Å². The van der Waals surface area contributed by atoms with Crippen molar-refractivity contribution in [1.29, 1.82) is 0 Å². The lowest BCUT2D eigenvalue weighted by Gasteiger charge is -2.30. The molecule has 5 unspecified atom stereocenters. The molecule has 5 atom stereocenters. The molecule has 2 saturated carbocycles.